The molecule has 0 aliphatic carbocycles. The van der Waals surface area contributed by atoms with Gasteiger partial charge < -0.3 is 10.1 Å². The molecule has 0 fully saturated rings. The quantitative estimate of drug-likeness (QED) is 0.730. The summed E-state index contributed by atoms with van der Waals surface area (Å²) in [7, 11) is -2.32. The summed E-state index contributed by atoms with van der Waals surface area (Å²) < 4.78 is 31.2. The molecular formula is C17H20N2O5S2. The molecule has 0 spiro atoms. The lowest BCUT2D eigenvalue weighted by Gasteiger charge is -2.10. The van der Waals surface area contributed by atoms with Crippen molar-refractivity contribution < 1.29 is 22.7 Å². The molecule has 0 atom stereocenters. The Kier molecular flexibility index (Phi) is 6.17. The standard InChI is InChI=1S/C17H20N2O5S2/c1-10-5-6-13(8-15(10)26(22,23)18-4)19-16(20)9-24-17(21)14-7-11(2)25-12(14)3/h5-8,18H,9H2,1-4H3,(H,19,20). The van der Waals surface area contributed by atoms with Gasteiger partial charge in [0, 0.05) is 15.4 Å². The molecule has 2 rings (SSSR count). The minimum Gasteiger partial charge on any atom is -0.452 e. The van der Waals surface area contributed by atoms with Gasteiger partial charge in [0.1, 0.15) is 0 Å². The Morgan fingerprint density at radius 3 is 2.42 bits per heavy atom. The Hall–Kier alpha value is -2.23. The van der Waals surface area contributed by atoms with Crippen molar-refractivity contribution in [3.63, 3.8) is 0 Å². The maximum Gasteiger partial charge on any atom is 0.339 e. The Labute approximate surface area is 156 Å². The third kappa shape index (κ3) is 4.69. The number of thiophene rings is 1. The van der Waals surface area contributed by atoms with Gasteiger partial charge in [0.2, 0.25) is 10.0 Å². The van der Waals surface area contributed by atoms with Crippen molar-refractivity contribution in [1.82, 2.24) is 4.72 Å². The van der Waals surface area contributed by atoms with E-state index in [2.05, 4.69) is 10.0 Å². The first-order valence-corrected chi connectivity index (χ1v) is 10.0. The Balaban J connectivity index is 2.03. The van der Waals surface area contributed by atoms with Gasteiger partial charge in [0.25, 0.3) is 5.91 Å². The van der Waals surface area contributed by atoms with E-state index in [-0.39, 0.29) is 4.90 Å². The van der Waals surface area contributed by atoms with Crippen molar-refractivity contribution in [2.45, 2.75) is 25.7 Å². The molecule has 2 aromatic rings. The van der Waals surface area contributed by atoms with Crippen molar-refractivity contribution in [1.29, 1.82) is 0 Å². The molecule has 1 aromatic carbocycles. The zero-order valence-electron chi connectivity index (χ0n) is 14.9. The number of carbonyl (C=O) groups is 2. The first kappa shape index (κ1) is 20.1. The number of rotatable bonds is 6. The predicted molar refractivity (Wildman–Crippen MR) is 100 cm³/mol. The largest absolute Gasteiger partial charge is 0.452 e. The van der Waals surface area contributed by atoms with Crippen LogP contribution in [0.15, 0.2) is 29.2 Å². The van der Waals surface area contributed by atoms with Crippen LogP contribution in [0.5, 0.6) is 0 Å². The molecule has 2 N–H and O–H groups in total. The Bertz CT molecular complexity index is 948. The maximum atomic E-state index is 12.0. The van der Waals surface area contributed by atoms with Crippen molar-refractivity contribution in [2.75, 3.05) is 19.0 Å². The fraction of sp³-hybridized carbons (Fsp3) is 0.294. The molecule has 140 valence electrons. The second-order valence-electron chi connectivity index (χ2n) is 5.64. The van der Waals surface area contributed by atoms with Gasteiger partial charge >= 0.3 is 5.97 Å². The van der Waals surface area contributed by atoms with Gasteiger partial charge in [-0.1, -0.05) is 6.07 Å². The first-order valence-electron chi connectivity index (χ1n) is 7.72. The molecule has 0 saturated heterocycles. The second kappa shape index (κ2) is 7.98. The van der Waals surface area contributed by atoms with E-state index in [4.69, 9.17) is 4.74 Å². The van der Waals surface area contributed by atoms with E-state index in [1.807, 2.05) is 13.8 Å². The number of sulfonamides is 1. The molecule has 1 heterocycles. The topological polar surface area (TPSA) is 102 Å². The Morgan fingerprint density at radius 2 is 1.85 bits per heavy atom. The van der Waals surface area contributed by atoms with E-state index >= 15 is 0 Å². The summed E-state index contributed by atoms with van der Waals surface area (Å²) in [5, 5.41) is 2.53. The number of ether oxygens (including phenoxy) is 1. The molecule has 0 unspecified atom stereocenters. The van der Waals surface area contributed by atoms with Crippen molar-refractivity contribution in [2.24, 2.45) is 0 Å². The molecule has 1 amide bonds. The van der Waals surface area contributed by atoms with E-state index in [0.29, 0.717) is 16.8 Å². The average molecular weight is 396 g/mol. The molecule has 0 aliphatic heterocycles. The molecule has 0 radical (unpaired) electrons. The van der Waals surface area contributed by atoms with E-state index in [1.165, 1.54) is 24.5 Å². The van der Waals surface area contributed by atoms with Crippen LogP contribution in [0, 0.1) is 20.8 Å². The highest BCUT2D eigenvalue weighted by Crippen LogP contribution is 2.22. The number of anilines is 1. The fourth-order valence-electron chi connectivity index (χ4n) is 2.32. The molecule has 1 aromatic heterocycles. The molecule has 0 aliphatic rings. The summed E-state index contributed by atoms with van der Waals surface area (Å²) in [6.07, 6.45) is 0. The number of nitrogens with one attached hydrogen (secondary N) is 2. The van der Waals surface area contributed by atoms with Crippen molar-refractivity contribution in [3.05, 3.63) is 45.1 Å². The first-order chi connectivity index (χ1) is 12.1. The van der Waals surface area contributed by atoms with Crippen LogP contribution < -0.4 is 10.0 Å². The van der Waals surface area contributed by atoms with E-state index in [0.717, 1.165) is 9.75 Å². The lowest BCUT2D eigenvalue weighted by atomic mass is 10.2. The third-order valence-corrected chi connectivity index (χ3v) is 6.15. The minimum atomic E-state index is -3.64. The predicted octanol–water partition coefficient (Wildman–Crippen LogP) is 2.38. The average Bonchev–Trinajstić information content (AvgIpc) is 2.92. The molecule has 7 nitrogen and oxygen atoms in total. The van der Waals surface area contributed by atoms with Crippen molar-refractivity contribution >= 4 is 38.9 Å². The molecular weight excluding hydrogens is 376 g/mol. The highest BCUT2D eigenvalue weighted by molar-refractivity contribution is 7.89. The third-order valence-electron chi connectivity index (χ3n) is 3.63. The molecule has 0 saturated carbocycles. The van der Waals surface area contributed by atoms with Crippen molar-refractivity contribution in [3.8, 4) is 0 Å². The Morgan fingerprint density at radius 1 is 1.15 bits per heavy atom. The SMILES string of the molecule is CNS(=O)(=O)c1cc(NC(=O)COC(=O)c2cc(C)sc2C)ccc1C. The van der Waals surface area contributed by atoms with Gasteiger partial charge in [0.05, 0.1) is 10.5 Å². The van der Waals surface area contributed by atoms with Crippen LogP contribution >= 0.6 is 11.3 Å². The molecule has 26 heavy (non-hydrogen) atoms. The number of benzene rings is 1. The van der Waals surface area contributed by atoms with Crippen LogP contribution in [0.1, 0.15) is 25.7 Å². The zero-order chi connectivity index (χ0) is 19.5. The van der Waals surface area contributed by atoms with Crippen LogP contribution in [0.2, 0.25) is 0 Å². The van der Waals surface area contributed by atoms with Crippen LogP contribution in [-0.4, -0.2) is 33.9 Å². The van der Waals surface area contributed by atoms with Crippen LogP contribution in [0.3, 0.4) is 0 Å². The number of hydrogen-bond acceptors (Lipinski definition) is 6. The number of amides is 1. The number of carbonyl (C=O) groups excluding carboxylic acids is 2. The van der Waals surface area contributed by atoms with Gasteiger partial charge in [-0.25, -0.2) is 17.9 Å². The number of aryl methyl sites for hydroxylation is 3. The monoisotopic (exact) mass is 396 g/mol. The summed E-state index contributed by atoms with van der Waals surface area (Å²) in [5.74, 6) is -1.12. The maximum absolute atomic E-state index is 12.0. The van der Waals surface area contributed by atoms with Crippen LogP contribution in [-0.2, 0) is 19.6 Å². The smallest absolute Gasteiger partial charge is 0.339 e. The number of esters is 1. The highest BCUT2D eigenvalue weighted by Gasteiger charge is 2.17. The summed E-state index contributed by atoms with van der Waals surface area (Å²) in [6, 6.07) is 6.24. The second-order valence-corrected chi connectivity index (χ2v) is 8.95. The van der Waals surface area contributed by atoms with E-state index in [9.17, 15) is 18.0 Å². The van der Waals surface area contributed by atoms with Crippen LogP contribution in [0.4, 0.5) is 5.69 Å². The minimum absolute atomic E-state index is 0.0687. The normalized spacial score (nSPS) is 11.2. The summed E-state index contributed by atoms with van der Waals surface area (Å²) in [6.45, 7) is 4.89. The number of hydrogen-bond donors (Lipinski definition) is 2. The van der Waals surface area contributed by atoms with E-state index in [1.54, 1.807) is 25.1 Å². The van der Waals surface area contributed by atoms with Gasteiger partial charge in [-0.3, -0.25) is 4.79 Å². The van der Waals surface area contributed by atoms with Crippen LogP contribution in [0.25, 0.3) is 0 Å². The van der Waals surface area contributed by atoms with E-state index < -0.39 is 28.5 Å². The molecule has 9 heteroatoms. The van der Waals surface area contributed by atoms with Gasteiger partial charge in [-0.15, -0.1) is 11.3 Å². The van der Waals surface area contributed by atoms with Gasteiger partial charge in [-0.05, 0) is 51.6 Å². The lowest BCUT2D eigenvalue weighted by Crippen LogP contribution is -2.22. The summed E-state index contributed by atoms with van der Waals surface area (Å²) >= 11 is 1.48. The van der Waals surface area contributed by atoms with Gasteiger partial charge in [0.15, 0.2) is 6.61 Å². The molecule has 0 bridgehead atoms. The summed E-state index contributed by atoms with van der Waals surface area (Å²) in [5.41, 5.74) is 1.29. The van der Waals surface area contributed by atoms with Gasteiger partial charge in [-0.2, -0.15) is 0 Å². The highest BCUT2D eigenvalue weighted by atomic mass is 32.2. The zero-order valence-corrected chi connectivity index (χ0v) is 16.5. The summed E-state index contributed by atoms with van der Waals surface area (Å²) in [4.78, 5) is 25.9. The lowest BCUT2D eigenvalue weighted by molar-refractivity contribution is -0.119. The fourth-order valence-corrected chi connectivity index (χ4v) is 4.22.